The summed E-state index contributed by atoms with van der Waals surface area (Å²) in [6.45, 7) is 4.29. The van der Waals surface area contributed by atoms with E-state index in [2.05, 4.69) is 20.4 Å². The van der Waals surface area contributed by atoms with Gasteiger partial charge in [0.15, 0.2) is 5.82 Å². The van der Waals surface area contributed by atoms with Crippen molar-refractivity contribution in [3.05, 3.63) is 17.8 Å². The monoisotopic (exact) mass is 222 g/mol. The molecule has 1 fully saturated rings. The van der Waals surface area contributed by atoms with Crippen molar-refractivity contribution in [3.63, 3.8) is 0 Å². The van der Waals surface area contributed by atoms with Crippen LogP contribution in [0.25, 0.3) is 0 Å². The topological polar surface area (TPSA) is 50.3 Å². The lowest BCUT2D eigenvalue weighted by atomic mass is 10.3. The third-order valence-corrected chi connectivity index (χ3v) is 2.61. The minimum Gasteiger partial charge on any atom is -0.380 e. The molecule has 1 aromatic heterocycles. The van der Waals surface area contributed by atoms with Crippen molar-refractivity contribution in [2.45, 2.75) is 13.0 Å². The number of anilines is 1. The van der Waals surface area contributed by atoms with Crippen molar-refractivity contribution in [1.82, 2.24) is 15.5 Å². The molecule has 0 unspecified atom stereocenters. The second-order valence-electron chi connectivity index (χ2n) is 3.87. The summed E-state index contributed by atoms with van der Waals surface area (Å²) >= 11 is 0. The molecular weight excluding hydrogens is 204 g/mol. The summed E-state index contributed by atoms with van der Waals surface area (Å²) in [6, 6.07) is 4.05. The number of nitrogens with one attached hydrogen (secondary N) is 1. The molecule has 0 saturated carbocycles. The van der Waals surface area contributed by atoms with E-state index in [1.165, 1.54) is 0 Å². The largest absolute Gasteiger partial charge is 0.380 e. The van der Waals surface area contributed by atoms with Crippen molar-refractivity contribution in [2.75, 3.05) is 38.3 Å². The van der Waals surface area contributed by atoms with Crippen molar-refractivity contribution in [2.24, 2.45) is 0 Å². The normalized spacial score (nSPS) is 17.2. The Morgan fingerprint density at radius 1 is 1.31 bits per heavy atom. The van der Waals surface area contributed by atoms with E-state index in [4.69, 9.17) is 4.74 Å². The van der Waals surface area contributed by atoms with Gasteiger partial charge in [-0.2, -0.15) is 5.10 Å². The van der Waals surface area contributed by atoms with E-state index in [9.17, 15) is 0 Å². The Balaban J connectivity index is 2.01. The summed E-state index contributed by atoms with van der Waals surface area (Å²) in [7, 11) is 1.90. The molecule has 0 amide bonds. The summed E-state index contributed by atoms with van der Waals surface area (Å²) in [5.74, 6) is 0.949. The fourth-order valence-corrected chi connectivity index (χ4v) is 1.77. The van der Waals surface area contributed by atoms with Crippen LogP contribution in [0.3, 0.4) is 0 Å². The summed E-state index contributed by atoms with van der Waals surface area (Å²) < 4.78 is 5.41. The molecular formula is C11H18N4O. The van der Waals surface area contributed by atoms with Gasteiger partial charge in [0.05, 0.1) is 12.3 Å². The van der Waals surface area contributed by atoms with E-state index < -0.39 is 0 Å². The maximum atomic E-state index is 5.41. The molecule has 0 atom stereocenters. The summed E-state index contributed by atoms with van der Waals surface area (Å²) in [5.41, 5.74) is 0.970. The molecule has 1 saturated heterocycles. The first kappa shape index (κ1) is 11.3. The van der Waals surface area contributed by atoms with Crippen LogP contribution >= 0.6 is 0 Å². The van der Waals surface area contributed by atoms with Crippen LogP contribution in [-0.4, -0.2) is 43.5 Å². The van der Waals surface area contributed by atoms with E-state index in [0.29, 0.717) is 0 Å². The van der Waals surface area contributed by atoms with Gasteiger partial charge >= 0.3 is 0 Å². The van der Waals surface area contributed by atoms with E-state index >= 15 is 0 Å². The Hall–Kier alpha value is -1.20. The van der Waals surface area contributed by atoms with Crippen LogP contribution in [-0.2, 0) is 11.3 Å². The van der Waals surface area contributed by atoms with Gasteiger partial charge in [0.25, 0.3) is 0 Å². The van der Waals surface area contributed by atoms with Gasteiger partial charge in [-0.25, -0.2) is 0 Å². The first-order valence-electron chi connectivity index (χ1n) is 5.70. The van der Waals surface area contributed by atoms with Crippen LogP contribution in [0.4, 0.5) is 5.82 Å². The van der Waals surface area contributed by atoms with Crippen LogP contribution in [0.2, 0.25) is 0 Å². The fraction of sp³-hybridized carbons (Fsp3) is 0.636. The minimum absolute atomic E-state index is 0.760. The molecule has 0 aromatic carbocycles. The average molecular weight is 222 g/mol. The Bertz CT molecular complexity index is 306. The lowest BCUT2D eigenvalue weighted by Gasteiger charge is -2.19. The lowest BCUT2D eigenvalue weighted by molar-refractivity contribution is 0.152. The molecule has 1 aromatic rings. The second-order valence-corrected chi connectivity index (χ2v) is 3.87. The average Bonchev–Trinajstić information content (AvgIpc) is 2.59. The zero-order chi connectivity index (χ0) is 11.2. The van der Waals surface area contributed by atoms with Gasteiger partial charge in [-0.15, -0.1) is 5.10 Å². The van der Waals surface area contributed by atoms with E-state index in [-0.39, 0.29) is 0 Å². The van der Waals surface area contributed by atoms with Gasteiger partial charge in [0, 0.05) is 26.2 Å². The molecule has 88 valence electrons. The Kier molecular flexibility index (Phi) is 4.07. The Morgan fingerprint density at radius 2 is 2.25 bits per heavy atom. The number of rotatable bonds is 3. The molecule has 0 bridgehead atoms. The van der Waals surface area contributed by atoms with Crippen LogP contribution in [0.1, 0.15) is 12.1 Å². The van der Waals surface area contributed by atoms with E-state index in [1.807, 2.05) is 19.2 Å². The van der Waals surface area contributed by atoms with Gasteiger partial charge in [0.1, 0.15) is 0 Å². The number of ether oxygens (including phenoxy) is 1. The third-order valence-electron chi connectivity index (χ3n) is 2.61. The van der Waals surface area contributed by atoms with Crippen molar-refractivity contribution >= 4 is 5.82 Å². The molecule has 16 heavy (non-hydrogen) atoms. The highest BCUT2D eigenvalue weighted by molar-refractivity contribution is 5.37. The first-order chi connectivity index (χ1) is 7.90. The number of hydrogen-bond acceptors (Lipinski definition) is 5. The Morgan fingerprint density at radius 3 is 3.00 bits per heavy atom. The highest BCUT2D eigenvalue weighted by Gasteiger charge is 2.11. The molecule has 2 heterocycles. The molecule has 0 spiro atoms. The summed E-state index contributed by atoms with van der Waals surface area (Å²) in [4.78, 5) is 2.23. The van der Waals surface area contributed by atoms with Gasteiger partial charge in [-0.3, -0.25) is 0 Å². The predicted octanol–water partition coefficient (Wildman–Crippen LogP) is 0.423. The third kappa shape index (κ3) is 2.90. The van der Waals surface area contributed by atoms with Crippen molar-refractivity contribution in [1.29, 1.82) is 0 Å². The molecule has 5 heteroatoms. The first-order valence-corrected chi connectivity index (χ1v) is 5.70. The molecule has 1 aliphatic heterocycles. The van der Waals surface area contributed by atoms with Gasteiger partial charge in [0.2, 0.25) is 0 Å². The fourth-order valence-electron chi connectivity index (χ4n) is 1.77. The molecule has 2 rings (SSSR count). The van der Waals surface area contributed by atoms with E-state index in [1.54, 1.807) is 0 Å². The smallest absolute Gasteiger partial charge is 0.151 e. The number of nitrogens with zero attached hydrogens (tertiary/aromatic N) is 3. The molecule has 1 aliphatic rings. The maximum Gasteiger partial charge on any atom is 0.151 e. The molecule has 0 radical (unpaired) electrons. The number of aromatic nitrogens is 2. The van der Waals surface area contributed by atoms with Gasteiger partial charge < -0.3 is 15.0 Å². The Labute approximate surface area is 95.8 Å². The maximum absolute atomic E-state index is 5.41. The lowest BCUT2D eigenvalue weighted by Crippen LogP contribution is -2.27. The molecule has 0 aliphatic carbocycles. The summed E-state index contributed by atoms with van der Waals surface area (Å²) in [6.07, 6.45) is 1.06. The highest BCUT2D eigenvalue weighted by Crippen LogP contribution is 2.11. The van der Waals surface area contributed by atoms with Crippen LogP contribution in [0, 0.1) is 0 Å². The van der Waals surface area contributed by atoms with Gasteiger partial charge in [-0.05, 0) is 25.6 Å². The van der Waals surface area contributed by atoms with E-state index in [0.717, 1.165) is 50.8 Å². The SMILES string of the molecule is CNCc1ccc(N2CCCOCC2)nn1. The summed E-state index contributed by atoms with van der Waals surface area (Å²) in [5, 5.41) is 11.5. The molecule has 1 N–H and O–H groups in total. The van der Waals surface area contributed by atoms with Crippen LogP contribution in [0.5, 0.6) is 0 Å². The molecule has 5 nitrogen and oxygen atoms in total. The van der Waals surface area contributed by atoms with Crippen molar-refractivity contribution < 1.29 is 4.74 Å². The standard InChI is InChI=1S/C11H18N4O/c1-12-9-10-3-4-11(14-13-10)15-5-2-7-16-8-6-15/h3-4,12H,2,5-9H2,1H3. The quantitative estimate of drug-likeness (QED) is 0.803. The number of hydrogen-bond donors (Lipinski definition) is 1. The second kappa shape index (κ2) is 5.77. The van der Waals surface area contributed by atoms with Crippen molar-refractivity contribution in [3.8, 4) is 0 Å². The highest BCUT2D eigenvalue weighted by atomic mass is 16.5. The zero-order valence-corrected chi connectivity index (χ0v) is 9.65. The van der Waals surface area contributed by atoms with Crippen LogP contribution in [0.15, 0.2) is 12.1 Å². The van der Waals surface area contributed by atoms with Crippen LogP contribution < -0.4 is 10.2 Å². The predicted molar refractivity (Wildman–Crippen MR) is 62.4 cm³/mol. The zero-order valence-electron chi connectivity index (χ0n) is 9.65. The minimum atomic E-state index is 0.760. The van der Waals surface area contributed by atoms with Gasteiger partial charge in [-0.1, -0.05) is 0 Å².